The average Bonchev–Trinajstić information content (AvgIpc) is 3.16. The lowest BCUT2D eigenvalue weighted by molar-refractivity contribution is -0.149. The molecule has 3 rings (SSSR count). The molecular weight excluding hydrogens is 386 g/mol. The molecule has 0 aromatic carbocycles. The van der Waals surface area contributed by atoms with Crippen LogP contribution in [0.15, 0.2) is 0 Å². The number of nitrogens with one attached hydrogen (secondary N) is 2. The minimum atomic E-state index is -4.71. The number of fused-ring (bicyclic) bond motifs is 1. The Morgan fingerprint density at radius 1 is 1.23 bits per heavy atom. The highest BCUT2D eigenvalue weighted by molar-refractivity contribution is 8.00. The lowest BCUT2D eigenvalue weighted by Gasteiger charge is -2.17. The van der Waals surface area contributed by atoms with Gasteiger partial charge in [0.2, 0.25) is 11.8 Å². The zero-order valence-corrected chi connectivity index (χ0v) is 15.3. The summed E-state index contributed by atoms with van der Waals surface area (Å²) < 4.78 is 31.1. The summed E-state index contributed by atoms with van der Waals surface area (Å²) >= 11 is 1.75. The topological polar surface area (TPSA) is 150 Å². The second-order valence-corrected chi connectivity index (χ2v) is 9.41. The van der Waals surface area contributed by atoms with Crippen molar-refractivity contribution in [3.8, 4) is 0 Å². The second kappa shape index (κ2) is 7.16. The van der Waals surface area contributed by atoms with E-state index in [0.29, 0.717) is 17.7 Å². The molecule has 3 saturated heterocycles. The largest absolute Gasteiger partial charge is 0.332 e. The van der Waals surface area contributed by atoms with Gasteiger partial charge in [0.1, 0.15) is 0 Å². The molecule has 0 aliphatic carbocycles. The SMILES string of the molecule is O=C1N[C@@H]2[C@H](CS[C@H]2CCCCC(=O)N2C(=O)CC(S(=O)(=O)O)C2=O)N1. The molecule has 0 bridgehead atoms. The van der Waals surface area contributed by atoms with Crippen molar-refractivity contribution in [1.82, 2.24) is 15.5 Å². The van der Waals surface area contributed by atoms with Gasteiger partial charge in [-0.25, -0.2) is 9.69 Å². The standard InChI is InChI=1S/C14H19N3O7S2/c18-10(17-11(19)5-9(13(17)20)26(22,23)24)4-2-1-3-8-12-7(6-25-8)15-14(21)16-12/h7-9,12H,1-6H2,(H2,15,16,21)(H,22,23,24)/t7-,8-,9?,12+/m0/s1. The van der Waals surface area contributed by atoms with Crippen molar-refractivity contribution >= 4 is 45.6 Å². The van der Waals surface area contributed by atoms with Crippen molar-refractivity contribution in [3.05, 3.63) is 0 Å². The summed E-state index contributed by atoms with van der Waals surface area (Å²) in [6, 6.07) is 0.0247. The minimum absolute atomic E-state index is 0.0637. The number of nitrogens with zero attached hydrogens (tertiary/aromatic N) is 1. The lowest BCUT2D eigenvalue weighted by atomic mass is 10.0. The van der Waals surface area contributed by atoms with Gasteiger partial charge in [-0.1, -0.05) is 6.42 Å². The third kappa shape index (κ3) is 3.71. The Morgan fingerprint density at radius 2 is 1.96 bits per heavy atom. The van der Waals surface area contributed by atoms with E-state index in [9.17, 15) is 27.6 Å². The Kier molecular flexibility index (Phi) is 5.26. The summed E-state index contributed by atoms with van der Waals surface area (Å²) in [7, 11) is -4.71. The van der Waals surface area contributed by atoms with Crippen LogP contribution in [-0.2, 0) is 24.5 Å². The van der Waals surface area contributed by atoms with Gasteiger partial charge < -0.3 is 10.6 Å². The third-order valence-corrected chi connectivity index (χ3v) is 7.38. The van der Waals surface area contributed by atoms with Crippen LogP contribution in [0.2, 0.25) is 0 Å². The number of hydrogen-bond donors (Lipinski definition) is 3. The number of thioether (sulfide) groups is 1. The molecule has 5 amide bonds. The molecule has 4 atom stereocenters. The number of carbonyl (C=O) groups excluding carboxylic acids is 4. The molecule has 26 heavy (non-hydrogen) atoms. The van der Waals surface area contributed by atoms with Gasteiger partial charge in [-0.15, -0.1) is 0 Å². The number of unbranched alkanes of at least 4 members (excludes halogenated alkanes) is 1. The van der Waals surface area contributed by atoms with Crippen LogP contribution < -0.4 is 10.6 Å². The van der Waals surface area contributed by atoms with Gasteiger partial charge in [0.25, 0.3) is 16.0 Å². The van der Waals surface area contributed by atoms with E-state index >= 15 is 0 Å². The highest BCUT2D eigenvalue weighted by atomic mass is 32.2. The zero-order chi connectivity index (χ0) is 19.1. The van der Waals surface area contributed by atoms with E-state index in [4.69, 9.17) is 4.55 Å². The smallest absolute Gasteiger partial charge is 0.315 e. The van der Waals surface area contributed by atoms with E-state index < -0.39 is 39.5 Å². The quantitative estimate of drug-likeness (QED) is 0.226. The van der Waals surface area contributed by atoms with Crippen LogP contribution in [0, 0.1) is 0 Å². The first kappa shape index (κ1) is 19.1. The number of carbonyl (C=O) groups is 4. The van der Waals surface area contributed by atoms with E-state index in [-0.39, 0.29) is 29.8 Å². The normalized spacial score (nSPS) is 31.1. The van der Waals surface area contributed by atoms with E-state index in [1.54, 1.807) is 11.8 Å². The molecular formula is C14H19N3O7S2. The molecule has 3 aliphatic heterocycles. The number of imide groups is 3. The average molecular weight is 405 g/mol. The predicted octanol–water partition coefficient (Wildman–Crippen LogP) is -0.746. The molecule has 10 nitrogen and oxygen atoms in total. The Labute approximate surface area is 154 Å². The van der Waals surface area contributed by atoms with Crippen LogP contribution in [0.4, 0.5) is 4.79 Å². The molecule has 3 heterocycles. The van der Waals surface area contributed by atoms with E-state index in [2.05, 4.69) is 10.6 Å². The van der Waals surface area contributed by atoms with Crippen molar-refractivity contribution in [3.63, 3.8) is 0 Å². The fraction of sp³-hybridized carbons (Fsp3) is 0.714. The minimum Gasteiger partial charge on any atom is -0.332 e. The molecule has 3 fully saturated rings. The van der Waals surface area contributed by atoms with E-state index in [1.807, 2.05) is 0 Å². The maximum Gasteiger partial charge on any atom is 0.315 e. The number of rotatable bonds is 6. The van der Waals surface area contributed by atoms with Crippen LogP contribution in [0.5, 0.6) is 0 Å². The first-order valence-electron chi connectivity index (χ1n) is 8.23. The molecule has 0 aromatic rings. The number of amides is 5. The third-order valence-electron chi connectivity index (χ3n) is 4.78. The summed E-state index contributed by atoms with van der Waals surface area (Å²) in [6.45, 7) is 0. The maximum absolute atomic E-state index is 12.1. The van der Waals surface area contributed by atoms with E-state index in [0.717, 1.165) is 12.2 Å². The Morgan fingerprint density at radius 3 is 2.62 bits per heavy atom. The molecule has 144 valence electrons. The van der Waals surface area contributed by atoms with Crippen molar-refractivity contribution in [2.45, 2.75) is 54.7 Å². The maximum atomic E-state index is 12.1. The molecule has 0 radical (unpaired) electrons. The van der Waals surface area contributed by atoms with Gasteiger partial charge in [0.05, 0.1) is 18.5 Å². The molecule has 1 unspecified atom stereocenters. The van der Waals surface area contributed by atoms with Crippen LogP contribution >= 0.6 is 11.8 Å². The number of likely N-dealkylation sites (tertiary alicyclic amines) is 1. The number of hydrogen-bond acceptors (Lipinski definition) is 7. The Balaban J connectivity index is 1.45. The van der Waals surface area contributed by atoms with Crippen LogP contribution in [0.3, 0.4) is 0 Å². The molecule has 0 saturated carbocycles. The van der Waals surface area contributed by atoms with Crippen molar-refractivity contribution in [2.75, 3.05) is 5.75 Å². The van der Waals surface area contributed by atoms with Crippen molar-refractivity contribution in [1.29, 1.82) is 0 Å². The van der Waals surface area contributed by atoms with Crippen LogP contribution in [0.1, 0.15) is 32.1 Å². The van der Waals surface area contributed by atoms with Gasteiger partial charge in [-0.2, -0.15) is 20.2 Å². The Bertz CT molecular complexity index is 754. The number of urea groups is 1. The summed E-state index contributed by atoms with van der Waals surface area (Å²) in [4.78, 5) is 47.4. The summed E-state index contributed by atoms with van der Waals surface area (Å²) in [5.41, 5.74) is 0. The Hall–Kier alpha value is -1.66. The fourth-order valence-electron chi connectivity index (χ4n) is 3.48. The lowest BCUT2D eigenvalue weighted by Crippen LogP contribution is -2.39. The fourth-order valence-corrected chi connectivity index (χ4v) is 5.73. The van der Waals surface area contributed by atoms with Gasteiger partial charge in [0.15, 0.2) is 5.25 Å². The molecule has 0 spiro atoms. The highest BCUT2D eigenvalue weighted by Gasteiger charge is 2.48. The first-order chi connectivity index (χ1) is 12.2. The molecule has 0 aromatic heterocycles. The van der Waals surface area contributed by atoms with Crippen molar-refractivity contribution in [2.24, 2.45) is 0 Å². The summed E-state index contributed by atoms with van der Waals surface area (Å²) in [6.07, 6.45) is 1.10. The summed E-state index contributed by atoms with van der Waals surface area (Å²) in [5, 5.41) is 4.07. The van der Waals surface area contributed by atoms with Gasteiger partial charge in [-0.05, 0) is 12.8 Å². The predicted molar refractivity (Wildman–Crippen MR) is 90.8 cm³/mol. The van der Waals surface area contributed by atoms with Gasteiger partial charge >= 0.3 is 6.03 Å². The monoisotopic (exact) mass is 405 g/mol. The highest BCUT2D eigenvalue weighted by Crippen LogP contribution is 2.33. The first-order valence-corrected chi connectivity index (χ1v) is 10.8. The molecule has 3 aliphatic rings. The van der Waals surface area contributed by atoms with Crippen LogP contribution in [0.25, 0.3) is 0 Å². The van der Waals surface area contributed by atoms with Crippen LogP contribution in [-0.4, -0.2) is 70.0 Å². The van der Waals surface area contributed by atoms with Crippen molar-refractivity contribution < 1.29 is 32.1 Å². The van der Waals surface area contributed by atoms with E-state index in [1.165, 1.54) is 0 Å². The molecule has 3 N–H and O–H groups in total. The molecule has 12 heteroatoms. The second-order valence-electron chi connectivity index (χ2n) is 6.54. The zero-order valence-electron chi connectivity index (χ0n) is 13.7. The summed E-state index contributed by atoms with van der Waals surface area (Å²) in [5.74, 6) is -2.01. The van der Waals surface area contributed by atoms with Gasteiger partial charge in [0, 0.05) is 17.4 Å². The van der Waals surface area contributed by atoms with Gasteiger partial charge in [-0.3, -0.25) is 18.9 Å².